The first kappa shape index (κ1) is 26.5. The van der Waals surface area contributed by atoms with E-state index in [-0.39, 0.29) is 27.6 Å². The Morgan fingerprint density at radius 2 is 1.24 bits per heavy atom. The number of benzene rings is 4. The van der Waals surface area contributed by atoms with Gasteiger partial charge in [0.1, 0.15) is 10.6 Å². The van der Waals surface area contributed by atoms with Gasteiger partial charge in [-0.1, -0.05) is 18.2 Å². The molecule has 4 aromatic carbocycles. The summed E-state index contributed by atoms with van der Waals surface area (Å²) in [7, 11) is -4.58. The molecule has 3 N–H and O–H groups in total. The summed E-state index contributed by atoms with van der Waals surface area (Å²) in [5, 5.41) is 35.9. The highest BCUT2D eigenvalue weighted by atomic mass is 32.2. The lowest BCUT2D eigenvalue weighted by molar-refractivity contribution is 0.318. The molecule has 10 nitrogen and oxygen atoms in total. The molecule has 0 amide bonds. The number of hydrogen-bond donors (Lipinski definition) is 3. The van der Waals surface area contributed by atoms with E-state index in [2.05, 4.69) is 20.5 Å². The van der Waals surface area contributed by atoms with E-state index >= 15 is 0 Å². The molecular weight excluding hydrogens is 508 g/mol. The van der Waals surface area contributed by atoms with Crippen molar-refractivity contribution < 1.29 is 27.9 Å². The van der Waals surface area contributed by atoms with Crippen LogP contribution in [-0.4, -0.2) is 29.8 Å². The quantitative estimate of drug-likeness (QED) is 0.157. The van der Waals surface area contributed by atoms with Crippen molar-refractivity contribution in [3.05, 3.63) is 84.4 Å². The van der Waals surface area contributed by atoms with Crippen LogP contribution in [0.25, 0.3) is 11.1 Å². The first-order valence-electron chi connectivity index (χ1n) is 11.4. The smallest absolute Gasteiger partial charge is 0.295 e. The number of phenolic OH excluding ortho intramolecular Hbond substituents is 2. The van der Waals surface area contributed by atoms with Crippen LogP contribution in [0.1, 0.15) is 12.5 Å². The van der Waals surface area contributed by atoms with E-state index in [0.717, 1.165) is 0 Å². The van der Waals surface area contributed by atoms with Crippen molar-refractivity contribution >= 4 is 32.9 Å². The van der Waals surface area contributed by atoms with Gasteiger partial charge in [0, 0.05) is 11.6 Å². The highest BCUT2D eigenvalue weighted by Gasteiger charge is 2.18. The molecule has 0 radical (unpaired) electrons. The predicted molar refractivity (Wildman–Crippen MR) is 142 cm³/mol. The van der Waals surface area contributed by atoms with Crippen molar-refractivity contribution in [3.63, 3.8) is 0 Å². The van der Waals surface area contributed by atoms with Crippen LogP contribution >= 0.6 is 0 Å². The monoisotopic (exact) mass is 532 g/mol. The van der Waals surface area contributed by atoms with E-state index < -0.39 is 10.1 Å². The minimum atomic E-state index is -4.58. The van der Waals surface area contributed by atoms with Crippen LogP contribution in [0, 0.1) is 6.92 Å². The second-order valence-electron chi connectivity index (χ2n) is 8.16. The van der Waals surface area contributed by atoms with Crippen LogP contribution in [-0.2, 0) is 10.1 Å². The first-order chi connectivity index (χ1) is 18.1. The topological polar surface area (TPSA) is 153 Å². The normalized spacial score (nSPS) is 11.9. The van der Waals surface area contributed by atoms with Gasteiger partial charge in [-0.2, -0.15) is 28.9 Å². The fourth-order valence-corrected chi connectivity index (χ4v) is 4.24. The highest BCUT2D eigenvalue weighted by molar-refractivity contribution is 7.86. The van der Waals surface area contributed by atoms with Crippen LogP contribution in [0.4, 0.5) is 22.7 Å². The van der Waals surface area contributed by atoms with E-state index in [9.17, 15) is 23.2 Å². The number of aryl methyl sites for hydroxylation is 1. The van der Waals surface area contributed by atoms with Gasteiger partial charge in [-0.3, -0.25) is 4.55 Å². The number of aromatic hydroxyl groups is 2. The lowest BCUT2D eigenvalue weighted by atomic mass is 10.0. The minimum Gasteiger partial charge on any atom is -0.508 e. The van der Waals surface area contributed by atoms with Gasteiger partial charge in [-0.05, 0) is 79.6 Å². The molecule has 0 aliphatic heterocycles. The van der Waals surface area contributed by atoms with Crippen molar-refractivity contribution in [1.29, 1.82) is 0 Å². The van der Waals surface area contributed by atoms with E-state index in [0.29, 0.717) is 40.5 Å². The Hall–Kier alpha value is -4.61. The van der Waals surface area contributed by atoms with Gasteiger partial charge in [0.2, 0.25) is 0 Å². The Morgan fingerprint density at radius 3 is 1.84 bits per heavy atom. The van der Waals surface area contributed by atoms with Crippen molar-refractivity contribution in [2.45, 2.75) is 18.7 Å². The fraction of sp³-hybridized carbons (Fsp3) is 0.111. The van der Waals surface area contributed by atoms with Gasteiger partial charge >= 0.3 is 0 Å². The van der Waals surface area contributed by atoms with Crippen LogP contribution in [0.15, 0.2) is 104 Å². The average Bonchev–Trinajstić information content (AvgIpc) is 2.89. The Balaban J connectivity index is 1.58. The standard InChI is InChI=1S/C27H24N4O6S/c1-3-37-26-15-21(10-13-25(26)33)30-28-19-6-4-18(5-7-19)23-11-8-22(16-27(23)38(34,35)36)31-29-20-9-12-24(32)17(2)14-20/h4-16,32-33H,3H2,1-2H3,(H,34,35,36)/b30-28+,31-29+. The zero-order chi connectivity index (χ0) is 27.3. The van der Waals surface area contributed by atoms with Crippen LogP contribution in [0.5, 0.6) is 17.2 Å². The third kappa shape index (κ3) is 6.38. The molecule has 0 heterocycles. The van der Waals surface area contributed by atoms with Gasteiger partial charge in [0.05, 0.1) is 29.4 Å². The second kappa shape index (κ2) is 11.2. The van der Waals surface area contributed by atoms with Crippen LogP contribution in [0.3, 0.4) is 0 Å². The van der Waals surface area contributed by atoms with Crippen molar-refractivity contribution in [3.8, 4) is 28.4 Å². The summed E-state index contributed by atoms with van der Waals surface area (Å²) in [6, 6.07) is 20.3. The second-order valence-corrected chi connectivity index (χ2v) is 9.55. The molecule has 0 saturated heterocycles. The molecule has 11 heteroatoms. The number of azo groups is 2. The maximum absolute atomic E-state index is 12.2. The SMILES string of the molecule is CCOc1cc(/N=N/c2ccc(-c3ccc(/N=N/c4ccc(O)c(C)c4)cc3S(=O)(=O)O)cc2)ccc1O. The molecule has 4 rings (SSSR count). The molecule has 0 unspecified atom stereocenters. The molecule has 194 valence electrons. The van der Waals surface area contributed by atoms with Gasteiger partial charge < -0.3 is 14.9 Å². The van der Waals surface area contributed by atoms with E-state index in [1.807, 2.05) is 0 Å². The lowest BCUT2D eigenvalue weighted by Crippen LogP contribution is -2.00. The van der Waals surface area contributed by atoms with E-state index in [4.69, 9.17) is 4.74 Å². The molecule has 38 heavy (non-hydrogen) atoms. The lowest BCUT2D eigenvalue weighted by Gasteiger charge is -2.08. The summed E-state index contributed by atoms with van der Waals surface area (Å²) in [5.41, 5.74) is 3.10. The summed E-state index contributed by atoms with van der Waals surface area (Å²) in [5.74, 6) is 0.441. The highest BCUT2D eigenvalue weighted by Crippen LogP contribution is 2.34. The molecule has 0 spiro atoms. The van der Waals surface area contributed by atoms with Gasteiger partial charge in [0.25, 0.3) is 10.1 Å². The Labute approximate surface area is 219 Å². The van der Waals surface area contributed by atoms with Gasteiger partial charge in [-0.15, -0.1) is 0 Å². The molecule has 0 saturated carbocycles. The fourth-order valence-electron chi connectivity index (χ4n) is 3.50. The molecule has 0 fully saturated rings. The van der Waals surface area contributed by atoms with Gasteiger partial charge in [0.15, 0.2) is 11.5 Å². The summed E-state index contributed by atoms with van der Waals surface area (Å²) >= 11 is 0. The maximum Gasteiger partial charge on any atom is 0.295 e. The van der Waals surface area contributed by atoms with Crippen LogP contribution in [0.2, 0.25) is 0 Å². The Bertz CT molecular complexity index is 1630. The molecule has 0 atom stereocenters. The number of ether oxygens (including phenoxy) is 1. The molecule has 0 aliphatic carbocycles. The van der Waals surface area contributed by atoms with Crippen LogP contribution < -0.4 is 4.74 Å². The Morgan fingerprint density at radius 1 is 0.711 bits per heavy atom. The van der Waals surface area contributed by atoms with E-state index in [1.54, 1.807) is 68.4 Å². The summed E-state index contributed by atoms with van der Waals surface area (Å²) in [6.07, 6.45) is 0. The number of nitrogens with zero attached hydrogens (tertiary/aromatic N) is 4. The van der Waals surface area contributed by atoms with E-state index in [1.165, 1.54) is 24.3 Å². The zero-order valence-corrected chi connectivity index (χ0v) is 21.3. The summed E-state index contributed by atoms with van der Waals surface area (Å²) < 4.78 is 39.5. The third-order valence-corrected chi connectivity index (χ3v) is 6.30. The summed E-state index contributed by atoms with van der Waals surface area (Å²) in [6.45, 7) is 3.92. The zero-order valence-electron chi connectivity index (χ0n) is 20.5. The predicted octanol–water partition coefficient (Wildman–Crippen LogP) is 7.55. The molecule has 4 aromatic rings. The van der Waals surface area contributed by atoms with Gasteiger partial charge in [-0.25, -0.2) is 0 Å². The first-order valence-corrected chi connectivity index (χ1v) is 12.9. The number of rotatable bonds is 8. The molecular formula is C27H24N4O6S. The molecule has 0 aromatic heterocycles. The molecule has 0 aliphatic rings. The summed E-state index contributed by atoms with van der Waals surface area (Å²) in [4.78, 5) is -0.322. The van der Waals surface area contributed by atoms with Crippen molar-refractivity contribution in [2.24, 2.45) is 20.5 Å². The number of phenols is 2. The maximum atomic E-state index is 12.2. The number of hydrogen-bond acceptors (Lipinski definition) is 9. The average molecular weight is 533 g/mol. The van der Waals surface area contributed by atoms with Crippen molar-refractivity contribution in [2.75, 3.05) is 6.61 Å². The Kier molecular flexibility index (Phi) is 7.79. The largest absolute Gasteiger partial charge is 0.508 e. The molecule has 0 bridgehead atoms. The minimum absolute atomic E-state index is 0.00716. The van der Waals surface area contributed by atoms with Crippen molar-refractivity contribution in [1.82, 2.24) is 0 Å². The third-order valence-electron chi connectivity index (χ3n) is 5.41.